The zero-order chi connectivity index (χ0) is 16.4. The van der Waals surface area contributed by atoms with Crippen LogP contribution in [0.3, 0.4) is 0 Å². The van der Waals surface area contributed by atoms with Crippen molar-refractivity contribution in [3.8, 4) is 11.5 Å². The SMILES string of the molecule is COc1ccc2c(c1O)[C@@]13CCN(C)[C@H](C2)[C@@H]1CCC(=O)[C@@H]3C. The van der Waals surface area contributed by atoms with Gasteiger partial charge in [-0.3, -0.25) is 4.79 Å². The van der Waals surface area contributed by atoms with Gasteiger partial charge in [0.05, 0.1) is 7.11 Å². The third-order valence-corrected chi connectivity index (χ3v) is 6.87. The fraction of sp³-hybridized carbons (Fsp3) is 0.632. The molecule has 23 heavy (non-hydrogen) atoms. The second kappa shape index (κ2) is 4.97. The molecule has 4 atom stereocenters. The molecule has 4 heteroatoms. The van der Waals surface area contributed by atoms with Gasteiger partial charge in [0.25, 0.3) is 0 Å². The molecule has 3 aliphatic rings. The average molecular weight is 315 g/mol. The van der Waals surface area contributed by atoms with Gasteiger partial charge in [-0.1, -0.05) is 13.0 Å². The van der Waals surface area contributed by atoms with Crippen molar-refractivity contribution in [1.29, 1.82) is 0 Å². The Hall–Kier alpha value is -1.55. The second-order valence-electron chi connectivity index (χ2n) is 7.53. The number of nitrogens with zero attached hydrogens (tertiary/aromatic N) is 1. The molecule has 4 nitrogen and oxygen atoms in total. The first-order valence-electron chi connectivity index (χ1n) is 8.63. The van der Waals surface area contributed by atoms with Gasteiger partial charge in [-0.2, -0.15) is 0 Å². The Morgan fingerprint density at radius 3 is 2.91 bits per heavy atom. The van der Waals surface area contributed by atoms with E-state index in [2.05, 4.69) is 24.9 Å². The molecule has 0 radical (unpaired) electrons. The molecule has 124 valence electrons. The molecule has 1 saturated carbocycles. The number of likely N-dealkylation sites (tertiary alicyclic amines) is 1. The molecule has 1 aromatic carbocycles. The van der Waals surface area contributed by atoms with Gasteiger partial charge in [-0.05, 0) is 50.4 Å². The summed E-state index contributed by atoms with van der Waals surface area (Å²) in [5.41, 5.74) is 1.98. The quantitative estimate of drug-likeness (QED) is 0.865. The van der Waals surface area contributed by atoms with Crippen LogP contribution in [0.1, 0.15) is 37.3 Å². The molecular formula is C19H25NO3. The fourth-order valence-electron chi connectivity index (χ4n) is 5.67. The van der Waals surface area contributed by atoms with E-state index in [1.54, 1.807) is 7.11 Å². The minimum Gasteiger partial charge on any atom is -0.504 e. The van der Waals surface area contributed by atoms with Crippen LogP contribution in [0.25, 0.3) is 0 Å². The summed E-state index contributed by atoms with van der Waals surface area (Å²) in [6, 6.07) is 4.42. The molecule has 4 rings (SSSR count). The number of ether oxygens (including phenoxy) is 1. The number of fused-ring (bicyclic) bond motifs is 1. The number of ketones is 1. The maximum atomic E-state index is 12.6. The first kappa shape index (κ1) is 15.0. The Bertz CT molecular complexity index is 671. The molecule has 1 aromatic rings. The van der Waals surface area contributed by atoms with Crippen LogP contribution in [0, 0.1) is 11.8 Å². The normalized spacial score (nSPS) is 36.3. The van der Waals surface area contributed by atoms with Crippen molar-refractivity contribution in [2.24, 2.45) is 11.8 Å². The number of benzene rings is 1. The number of phenolic OH excluding ortho intramolecular Hbond substituents is 1. The predicted octanol–water partition coefficient (Wildman–Crippen LogP) is 2.51. The van der Waals surface area contributed by atoms with E-state index in [1.165, 1.54) is 5.56 Å². The maximum absolute atomic E-state index is 12.6. The van der Waals surface area contributed by atoms with E-state index >= 15 is 0 Å². The monoisotopic (exact) mass is 315 g/mol. The number of hydrogen-bond acceptors (Lipinski definition) is 4. The van der Waals surface area contributed by atoms with E-state index in [-0.39, 0.29) is 17.1 Å². The highest BCUT2D eigenvalue weighted by Gasteiger charge is 2.59. The van der Waals surface area contributed by atoms with Crippen LogP contribution in [0.15, 0.2) is 12.1 Å². The lowest BCUT2D eigenvalue weighted by Gasteiger charge is -2.60. The number of methoxy groups -OCH3 is 1. The van der Waals surface area contributed by atoms with Gasteiger partial charge < -0.3 is 14.7 Å². The van der Waals surface area contributed by atoms with Gasteiger partial charge >= 0.3 is 0 Å². The molecule has 2 bridgehead atoms. The van der Waals surface area contributed by atoms with E-state index in [0.29, 0.717) is 29.9 Å². The summed E-state index contributed by atoms with van der Waals surface area (Å²) < 4.78 is 5.36. The summed E-state index contributed by atoms with van der Waals surface area (Å²) in [5.74, 6) is 1.55. The molecule has 2 aliphatic carbocycles. The van der Waals surface area contributed by atoms with Gasteiger partial charge in [-0.15, -0.1) is 0 Å². The fourth-order valence-corrected chi connectivity index (χ4v) is 5.67. The van der Waals surface area contributed by atoms with Crippen LogP contribution in [-0.4, -0.2) is 42.5 Å². The molecule has 2 fully saturated rings. The van der Waals surface area contributed by atoms with Gasteiger partial charge in [0.1, 0.15) is 5.78 Å². The zero-order valence-corrected chi connectivity index (χ0v) is 14.1. The van der Waals surface area contributed by atoms with Gasteiger partial charge in [0, 0.05) is 29.4 Å². The number of carbonyl (C=O) groups excluding carboxylic acids is 1. The molecule has 1 N–H and O–H groups in total. The van der Waals surface area contributed by atoms with Crippen molar-refractivity contribution < 1.29 is 14.6 Å². The van der Waals surface area contributed by atoms with Crippen molar-refractivity contribution in [2.45, 2.75) is 44.1 Å². The van der Waals surface area contributed by atoms with Crippen molar-refractivity contribution in [3.63, 3.8) is 0 Å². The number of likely N-dealkylation sites (N-methyl/N-ethyl adjacent to an activating group) is 1. The highest BCUT2D eigenvalue weighted by Crippen LogP contribution is 2.60. The number of rotatable bonds is 1. The van der Waals surface area contributed by atoms with Crippen molar-refractivity contribution in [1.82, 2.24) is 4.90 Å². The van der Waals surface area contributed by atoms with Crippen LogP contribution < -0.4 is 4.74 Å². The average Bonchev–Trinajstić information content (AvgIpc) is 2.54. The zero-order valence-electron chi connectivity index (χ0n) is 14.1. The van der Waals surface area contributed by atoms with Crippen molar-refractivity contribution >= 4 is 5.78 Å². The van der Waals surface area contributed by atoms with E-state index in [4.69, 9.17) is 4.74 Å². The molecule has 0 unspecified atom stereocenters. The topological polar surface area (TPSA) is 49.8 Å². The summed E-state index contributed by atoms with van der Waals surface area (Å²) >= 11 is 0. The number of Topliss-reactive ketones (excluding diaryl/α,β-unsaturated/α-hetero) is 1. The molecule has 1 heterocycles. The number of hydrogen-bond donors (Lipinski definition) is 1. The minimum atomic E-state index is -0.223. The third kappa shape index (κ3) is 1.78. The molecule has 0 spiro atoms. The van der Waals surface area contributed by atoms with E-state index < -0.39 is 0 Å². The highest BCUT2D eigenvalue weighted by atomic mass is 16.5. The Kier molecular flexibility index (Phi) is 3.24. The Morgan fingerprint density at radius 1 is 1.39 bits per heavy atom. The van der Waals surface area contributed by atoms with Crippen LogP contribution in [0.4, 0.5) is 0 Å². The van der Waals surface area contributed by atoms with Crippen LogP contribution in [0.5, 0.6) is 11.5 Å². The van der Waals surface area contributed by atoms with Crippen molar-refractivity contribution in [2.75, 3.05) is 20.7 Å². The number of piperidine rings is 1. The summed E-state index contributed by atoms with van der Waals surface area (Å²) in [4.78, 5) is 15.0. The van der Waals surface area contributed by atoms with E-state index in [9.17, 15) is 9.90 Å². The predicted molar refractivity (Wildman–Crippen MR) is 88.0 cm³/mol. The number of phenols is 1. The van der Waals surface area contributed by atoms with Crippen LogP contribution in [0.2, 0.25) is 0 Å². The number of aromatic hydroxyl groups is 1. The van der Waals surface area contributed by atoms with Crippen LogP contribution in [-0.2, 0) is 16.6 Å². The first-order chi connectivity index (χ1) is 11.0. The number of carbonyl (C=O) groups is 1. The van der Waals surface area contributed by atoms with E-state index in [0.717, 1.165) is 31.4 Å². The summed E-state index contributed by atoms with van der Waals surface area (Å²) in [6.07, 6.45) is 3.51. The lowest BCUT2D eigenvalue weighted by atomic mass is 9.48. The lowest BCUT2D eigenvalue weighted by molar-refractivity contribution is -0.134. The molecular weight excluding hydrogens is 290 g/mol. The Morgan fingerprint density at radius 2 is 2.17 bits per heavy atom. The van der Waals surface area contributed by atoms with Gasteiger partial charge in [0.2, 0.25) is 0 Å². The largest absolute Gasteiger partial charge is 0.504 e. The standard InChI is InChI=1S/C19H25NO3/c1-11-15(21)6-5-13-14-10-12-4-7-16(23-3)18(22)17(12)19(11,13)8-9-20(14)2/h4,7,11,13-14,22H,5-6,8-10H2,1-3H3/t11-,13-,14+,19+/m0/s1. The summed E-state index contributed by atoms with van der Waals surface area (Å²) in [5, 5.41) is 10.9. The Labute approximate surface area is 137 Å². The van der Waals surface area contributed by atoms with Crippen LogP contribution >= 0.6 is 0 Å². The summed E-state index contributed by atoms with van der Waals surface area (Å²) in [7, 11) is 3.79. The third-order valence-electron chi connectivity index (χ3n) is 6.87. The summed E-state index contributed by atoms with van der Waals surface area (Å²) in [6.45, 7) is 3.06. The van der Waals surface area contributed by atoms with Crippen molar-refractivity contribution in [3.05, 3.63) is 23.3 Å². The highest BCUT2D eigenvalue weighted by molar-refractivity contribution is 5.84. The molecule has 0 amide bonds. The maximum Gasteiger partial charge on any atom is 0.161 e. The lowest BCUT2D eigenvalue weighted by Crippen LogP contribution is -2.63. The minimum absolute atomic E-state index is 0.0329. The van der Waals surface area contributed by atoms with Gasteiger partial charge in [-0.25, -0.2) is 0 Å². The molecule has 1 saturated heterocycles. The smallest absolute Gasteiger partial charge is 0.161 e. The second-order valence-corrected chi connectivity index (χ2v) is 7.53. The molecule has 1 aliphatic heterocycles. The first-order valence-corrected chi connectivity index (χ1v) is 8.63. The molecule has 0 aromatic heterocycles. The van der Waals surface area contributed by atoms with Gasteiger partial charge in [0.15, 0.2) is 11.5 Å². The Balaban J connectivity index is 1.99. The van der Waals surface area contributed by atoms with E-state index in [1.807, 2.05) is 6.07 Å².